The van der Waals surface area contributed by atoms with Crippen LogP contribution in [0.5, 0.6) is 0 Å². The first-order chi connectivity index (χ1) is 11.0. The van der Waals surface area contributed by atoms with Crippen LogP contribution in [0, 0.1) is 0 Å². The van der Waals surface area contributed by atoms with Crippen molar-refractivity contribution in [3.8, 4) is 0 Å². The van der Waals surface area contributed by atoms with Gasteiger partial charge in [-0.15, -0.1) is 0 Å². The number of carboxylic acids is 1. The van der Waals surface area contributed by atoms with Gasteiger partial charge in [-0.3, -0.25) is 14.5 Å². The molecule has 6 nitrogen and oxygen atoms in total. The number of nitrogens with two attached hydrogens (primary N) is 1. The topological polar surface area (TPSA) is 101 Å². The second-order valence-corrected chi connectivity index (χ2v) is 5.86. The molecular formula is C17H32N2O4. The number of nitrogens with zero attached hydrogens (tertiary/aromatic N) is 1. The molecular weight excluding hydrogens is 296 g/mol. The highest BCUT2D eigenvalue weighted by Gasteiger charge is 2.33. The van der Waals surface area contributed by atoms with Crippen LogP contribution in [-0.2, 0) is 14.4 Å². The fraction of sp³-hybridized carbons (Fsp3) is 0.824. The van der Waals surface area contributed by atoms with Crippen molar-refractivity contribution in [2.75, 3.05) is 6.54 Å². The number of unbranched alkanes of at least 4 members (excludes halogenated alkanes) is 4. The van der Waals surface area contributed by atoms with Crippen molar-refractivity contribution in [1.29, 1.82) is 0 Å². The lowest BCUT2D eigenvalue weighted by Gasteiger charge is -2.27. The largest absolute Gasteiger partial charge is 0.480 e. The zero-order valence-corrected chi connectivity index (χ0v) is 14.6. The Morgan fingerprint density at radius 1 is 0.913 bits per heavy atom. The van der Waals surface area contributed by atoms with Crippen molar-refractivity contribution in [2.24, 2.45) is 5.73 Å². The van der Waals surface area contributed by atoms with E-state index in [4.69, 9.17) is 5.73 Å². The summed E-state index contributed by atoms with van der Waals surface area (Å²) in [4.78, 5) is 37.3. The number of imide groups is 1. The van der Waals surface area contributed by atoms with E-state index in [1.807, 2.05) is 13.8 Å². The Hall–Kier alpha value is -1.43. The van der Waals surface area contributed by atoms with E-state index < -0.39 is 12.0 Å². The molecule has 23 heavy (non-hydrogen) atoms. The maximum atomic E-state index is 12.4. The monoisotopic (exact) mass is 328 g/mol. The minimum absolute atomic E-state index is 0.213. The van der Waals surface area contributed by atoms with Gasteiger partial charge in [0.15, 0.2) is 0 Å². The van der Waals surface area contributed by atoms with Crippen molar-refractivity contribution >= 4 is 17.8 Å². The summed E-state index contributed by atoms with van der Waals surface area (Å²) < 4.78 is 0. The number of aliphatic carboxylic acids is 1. The summed E-state index contributed by atoms with van der Waals surface area (Å²) in [5.41, 5.74) is 5.44. The standard InChI is InChI=1S/C17H32N2O4/c1-3-5-7-11-15(20)19(16(21)12-8-6-4-2)14(17(22)23)10-9-13-18/h14H,3-13,18H2,1-2H3,(H,22,23)/t14-/m0/s1. The fourth-order valence-electron chi connectivity index (χ4n) is 2.45. The Morgan fingerprint density at radius 2 is 1.39 bits per heavy atom. The van der Waals surface area contributed by atoms with E-state index in [2.05, 4.69) is 0 Å². The van der Waals surface area contributed by atoms with Gasteiger partial charge < -0.3 is 10.8 Å². The van der Waals surface area contributed by atoms with E-state index in [0.29, 0.717) is 25.8 Å². The molecule has 0 unspecified atom stereocenters. The Bertz CT molecular complexity index is 350. The van der Waals surface area contributed by atoms with Crippen molar-refractivity contribution in [3.05, 3.63) is 0 Å². The molecule has 1 atom stereocenters. The second kappa shape index (κ2) is 13.0. The maximum Gasteiger partial charge on any atom is 0.326 e. The van der Waals surface area contributed by atoms with E-state index in [-0.39, 0.29) is 31.1 Å². The third-order valence-corrected chi connectivity index (χ3v) is 3.80. The van der Waals surface area contributed by atoms with Gasteiger partial charge in [0.05, 0.1) is 0 Å². The lowest BCUT2D eigenvalue weighted by molar-refractivity contribution is -0.158. The average Bonchev–Trinajstić information content (AvgIpc) is 2.51. The molecule has 0 aromatic carbocycles. The van der Waals surface area contributed by atoms with Crippen LogP contribution in [0.15, 0.2) is 0 Å². The molecule has 0 radical (unpaired) electrons. The average molecular weight is 328 g/mol. The molecule has 2 amide bonds. The quantitative estimate of drug-likeness (QED) is 0.506. The summed E-state index contributed by atoms with van der Waals surface area (Å²) in [5.74, 6) is -1.88. The zero-order valence-electron chi connectivity index (χ0n) is 14.6. The van der Waals surface area contributed by atoms with E-state index in [9.17, 15) is 19.5 Å². The number of rotatable bonds is 13. The summed E-state index contributed by atoms with van der Waals surface area (Å²) in [6.45, 7) is 4.39. The molecule has 0 aromatic rings. The molecule has 0 fully saturated rings. The van der Waals surface area contributed by atoms with Gasteiger partial charge in [-0.05, 0) is 32.2 Å². The van der Waals surface area contributed by atoms with Crippen molar-refractivity contribution < 1.29 is 19.5 Å². The van der Waals surface area contributed by atoms with Gasteiger partial charge in [-0.2, -0.15) is 0 Å². The summed E-state index contributed by atoms with van der Waals surface area (Å²) in [7, 11) is 0. The predicted molar refractivity (Wildman–Crippen MR) is 89.8 cm³/mol. The zero-order chi connectivity index (χ0) is 17.7. The third kappa shape index (κ3) is 8.69. The number of carboxylic acid groups (broad SMARTS) is 1. The summed E-state index contributed by atoms with van der Waals surface area (Å²) in [6, 6.07) is -1.10. The summed E-state index contributed by atoms with van der Waals surface area (Å²) in [5, 5.41) is 9.42. The molecule has 0 bridgehead atoms. The highest BCUT2D eigenvalue weighted by molar-refractivity contribution is 5.99. The third-order valence-electron chi connectivity index (χ3n) is 3.80. The van der Waals surface area contributed by atoms with Crippen molar-refractivity contribution in [3.63, 3.8) is 0 Å². The van der Waals surface area contributed by atoms with Crippen LogP contribution in [0.2, 0.25) is 0 Å². The predicted octanol–water partition coefficient (Wildman–Crippen LogP) is 2.69. The Labute approximate surface area is 139 Å². The summed E-state index contributed by atoms with van der Waals surface area (Å²) >= 11 is 0. The minimum Gasteiger partial charge on any atom is -0.480 e. The van der Waals surface area contributed by atoms with Crippen LogP contribution < -0.4 is 5.73 Å². The summed E-state index contributed by atoms with van der Waals surface area (Å²) in [6.07, 6.45) is 6.20. The highest BCUT2D eigenvalue weighted by atomic mass is 16.4. The van der Waals surface area contributed by atoms with E-state index in [1.165, 1.54) is 0 Å². The van der Waals surface area contributed by atoms with E-state index >= 15 is 0 Å². The van der Waals surface area contributed by atoms with Crippen LogP contribution in [0.3, 0.4) is 0 Å². The lowest BCUT2D eigenvalue weighted by Crippen LogP contribution is -2.48. The van der Waals surface area contributed by atoms with Gasteiger partial charge in [-0.25, -0.2) is 4.79 Å². The highest BCUT2D eigenvalue weighted by Crippen LogP contribution is 2.15. The van der Waals surface area contributed by atoms with Crippen LogP contribution in [0.25, 0.3) is 0 Å². The van der Waals surface area contributed by atoms with Crippen molar-refractivity contribution in [2.45, 2.75) is 84.1 Å². The molecule has 0 spiro atoms. The van der Waals surface area contributed by atoms with Gasteiger partial charge in [0.25, 0.3) is 0 Å². The Kier molecular flexibility index (Phi) is 12.2. The number of hydrogen-bond acceptors (Lipinski definition) is 4. The molecule has 0 aliphatic heterocycles. The van der Waals surface area contributed by atoms with Crippen LogP contribution >= 0.6 is 0 Å². The molecule has 0 aliphatic rings. The first-order valence-corrected chi connectivity index (χ1v) is 8.77. The SMILES string of the molecule is CCCCCC(=O)N(C(=O)CCCCC)[C@@H](CCCN)C(=O)O. The number of carbonyl (C=O) groups is 3. The van der Waals surface area contributed by atoms with Crippen LogP contribution in [0.1, 0.15) is 78.1 Å². The van der Waals surface area contributed by atoms with Gasteiger partial charge in [0.2, 0.25) is 11.8 Å². The molecule has 0 saturated carbocycles. The maximum absolute atomic E-state index is 12.4. The fourth-order valence-corrected chi connectivity index (χ4v) is 2.45. The minimum atomic E-state index is -1.13. The van der Waals surface area contributed by atoms with Gasteiger partial charge >= 0.3 is 5.97 Å². The van der Waals surface area contributed by atoms with Crippen LogP contribution in [0.4, 0.5) is 0 Å². The molecule has 134 valence electrons. The molecule has 0 saturated heterocycles. The van der Waals surface area contributed by atoms with E-state index in [0.717, 1.165) is 30.6 Å². The van der Waals surface area contributed by atoms with Gasteiger partial charge in [0.1, 0.15) is 6.04 Å². The first-order valence-electron chi connectivity index (χ1n) is 8.77. The number of carbonyl (C=O) groups excluding carboxylic acids is 2. The van der Waals surface area contributed by atoms with Gasteiger partial charge in [-0.1, -0.05) is 39.5 Å². The van der Waals surface area contributed by atoms with E-state index in [1.54, 1.807) is 0 Å². The molecule has 0 rings (SSSR count). The number of hydrogen-bond donors (Lipinski definition) is 2. The molecule has 3 N–H and O–H groups in total. The lowest BCUT2D eigenvalue weighted by atomic mass is 10.1. The van der Waals surface area contributed by atoms with Gasteiger partial charge in [0, 0.05) is 12.8 Å². The van der Waals surface area contributed by atoms with Crippen LogP contribution in [-0.4, -0.2) is 40.4 Å². The Balaban J connectivity index is 5.03. The Morgan fingerprint density at radius 3 is 1.74 bits per heavy atom. The second-order valence-electron chi connectivity index (χ2n) is 5.86. The normalized spacial score (nSPS) is 12.0. The molecule has 0 aliphatic carbocycles. The smallest absolute Gasteiger partial charge is 0.326 e. The molecule has 0 aromatic heterocycles. The molecule has 6 heteroatoms. The van der Waals surface area contributed by atoms with Crippen molar-refractivity contribution in [1.82, 2.24) is 4.90 Å². The first kappa shape index (κ1) is 21.6. The number of amides is 2. The molecule has 0 heterocycles.